The standard InChI is InChI=1S/C9H10O4/c1-2-11-9-6-5-8(10)13-7(6)3-4-12-9/h3,5,9H,2,4H2,1H3. The highest BCUT2D eigenvalue weighted by atomic mass is 16.7. The van der Waals surface area contributed by atoms with Gasteiger partial charge in [-0.05, 0) is 13.0 Å². The smallest absolute Gasteiger partial charge is 0.336 e. The van der Waals surface area contributed by atoms with Gasteiger partial charge in [0.1, 0.15) is 5.76 Å². The summed E-state index contributed by atoms with van der Waals surface area (Å²) in [6.07, 6.45) is 2.69. The Morgan fingerprint density at radius 1 is 1.69 bits per heavy atom. The number of carbonyl (C=O) groups is 1. The van der Waals surface area contributed by atoms with Crippen molar-refractivity contribution >= 4 is 5.97 Å². The van der Waals surface area contributed by atoms with Gasteiger partial charge in [0.05, 0.1) is 12.2 Å². The molecule has 2 aliphatic heterocycles. The van der Waals surface area contributed by atoms with Gasteiger partial charge in [-0.2, -0.15) is 0 Å². The second kappa shape index (κ2) is 3.32. The van der Waals surface area contributed by atoms with E-state index in [4.69, 9.17) is 14.2 Å². The van der Waals surface area contributed by atoms with Crippen LogP contribution in [-0.2, 0) is 19.0 Å². The zero-order chi connectivity index (χ0) is 9.26. The lowest BCUT2D eigenvalue weighted by molar-refractivity contribution is -0.133. The Kier molecular flexibility index (Phi) is 2.16. The van der Waals surface area contributed by atoms with Gasteiger partial charge in [-0.1, -0.05) is 0 Å². The third kappa shape index (κ3) is 1.50. The van der Waals surface area contributed by atoms with E-state index >= 15 is 0 Å². The monoisotopic (exact) mass is 182 g/mol. The van der Waals surface area contributed by atoms with Crippen LogP contribution in [0.1, 0.15) is 6.92 Å². The number of fused-ring (bicyclic) bond motifs is 1. The quantitative estimate of drug-likeness (QED) is 0.591. The van der Waals surface area contributed by atoms with Gasteiger partial charge in [0.15, 0.2) is 6.29 Å². The van der Waals surface area contributed by atoms with Crippen molar-refractivity contribution in [2.45, 2.75) is 13.2 Å². The summed E-state index contributed by atoms with van der Waals surface area (Å²) in [4.78, 5) is 10.9. The molecule has 2 heterocycles. The van der Waals surface area contributed by atoms with Gasteiger partial charge in [-0.25, -0.2) is 4.79 Å². The topological polar surface area (TPSA) is 44.8 Å². The lowest BCUT2D eigenvalue weighted by Crippen LogP contribution is -2.23. The Labute approximate surface area is 75.8 Å². The van der Waals surface area contributed by atoms with Crippen molar-refractivity contribution in [2.75, 3.05) is 13.2 Å². The molecule has 0 saturated heterocycles. The van der Waals surface area contributed by atoms with E-state index in [1.165, 1.54) is 6.08 Å². The molecule has 0 N–H and O–H groups in total. The molecule has 0 aliphatic carbocycles. The van der Waals surface area contributed by atoms with E-state index in [2.05, 4.69) is 0 Å². The van der Waals surface area contributed by atoms with Crippen LogP contribution in [0, 0.1) is 0 Å². The largest absolute Gasteiger partial charge is 0.423 e. The van der Waals surface area contributed by atoms with Gasteiger partial charge in [-0.3, -0.25) is 0 Å². The van der Waals surface area contributed by atoms with E-state index in [1.807, 2.05) is 6.92 Å². The molecule has 0 aromatic heterocycles. The molecule has 0 saturated carbocycles. The van der Waals surface area contributed by atoms with Crippen molar-refractivity contribution in [3.8, 4) is 0 Å². The zero-order valence-corrected chi connectivity index (χ0v) is 7.28. The second-order valence-electron chi connectivity index (χ2n) is 2.71. The fourth-order valence-corrected chi connectivity index (χ4v) is 1.33. The average Bonchev–Trinajstić information content (AvgIpc) is 2.47. The fourth-order valence-electron chi connectivity index (χ4n) is 1.33. The summed E-state index contributed by atoms with van der Waals surface area (Å²) < 4.78 is 15.5. The van der Waals surface area contributed by atoms with Gasteiger partial charge in [0.2, 0.25) is 0 Å². The molecule has 1 unspecified atom stereocenters. The number of carbonyl (C=O) groups excluding carboxylic acids is 1. The average molecular weight is 182 g/mol. The van der Waals surface area contributed by atoms with Gasteiger partial charge < -0.3 is 14.2 Å². The van der Waals surface area contributed by atoms with Crippen LogP contribution in [0.15, 0.2) is 23.5 Å². The molecule has 0 bridgehead atoms. The van der Waals surface area contributed by atoms with Crippen LogP contribution >= 0.6 is 0 Å². The Hall–Kier alpha value is -1.13. The fraction of sp³-hybridized carbons (Fsp3) is 0.444. The molecule has 13 heavy (non-hydrogen) atoms. The Balaban J connectivity index is 2.21. The summed E-state index contributed by atoms with van der Waals surface area (Å²) >= 11 is 0. The molecule has 0 radical (unpaired) electrons. The molecule has 4 nitrogen and oxygen atoms in total. The molecule has 2 aliphatic rings. The minimum absolute atomic E-state index is 0.351. The van der Waals surface area contributed by atoms with Crippen LogP contribution < -0.4 is 0 Å². The van der Waals surface area contributed by atoms with Crippen molar-refractivity contribution in [3.05, 3.63) is 23.5 Å². The van der Waals surface area contributed by atoms with Crippen molar-refractivity contribution in [3.63, 3.8) is 0 Å². The first kappa shape index (κ1) is 8.47. The van der Waals surface area contributed by atoms with Gasteiger partial charge in [0, 0.05) is 12.7 Å². The van der Waals surface area contributed by atoms with Crippen LogP contribution in [0.4, 0.5) is 0 Å². The Morgan fingerprint density at radius 2 is 2.54 bits per heavy atom. The Morgan fingerprint density at radius 3 is 3.31 bits per heavy atom. The highest BCUT2D eigenvalue weighted by Gasteiger charge is 2.30. The normalized spacial score (nSPS) is 26.2. The number of esters is 1. The Bertz CT molecular complexity index is 290. The third-order valence-electron chi connectivity index (χ3n) is 1.86. The molecule has 0 spiro atoms. The lowest BCUT2D eigenvalue weighted by atomic mass is 10.2. The summed E-state index contributed by atoms with van der Waals surface area (Å²) in [6, 6.07) is 0. The van der Waals surface area contributed by atoms with Crippen molar-refractivity contribution < 1.29 is 19.0 Å². The number of rotatable bonds is 2. The van der Waals surface area contributed by atoms with E-state index in [1.54, 1.807) is 6.08 Å². The minimum Gasteiger partial charge on any atom is -0.423 e. The molecule has 1 atom stereocenters. The van der Waals surface area contributed by atoms with E-state index in [9.17, 15) is 4.79 Å². The van der Waals surface area contributed by atoms with Crippen LogP contribution in [0.5, 0.6) is 0 Å². The second-order valence-corrected chi connectivity index (χ2v) is 2.71. The van der Waals surface area contributed by atoms with E-state index in [0.29, 0.717) is 24.5 Å². The highest BCUT2D eigenvalue weighted by Crippen LogP contribution is 2.28. The maximum absolute atomic E-state index is 10.9. The maximum atomic E-state index is 10.9. The van der Waals surface area contributed by atoms with Crippen LogP contribution in [0.25, 0.3) is 0 Å². The van der Waals surface area contributed by atoms with Gasteiger partial charge in [0.25, 0.3) is 0 Å². The molecular formula is C9H10O4. The van der Waals surface area contributed by atoms with Crippen LogP contribution in [0.3, 0.4) is 0 Å². The molecule has 2 rings (SSSR count). The molecule has 70 valence electrons. The summed E-state index contributed by atoms with van der Waals surface area (Å²) in [5.41, 5.74) is 0.693. The van der Waals surface area contributed by atoms with Gasteiger partial charge >= 0.3 is 5.97 Å². The molecule has 0 aromatic carbocycles. The van der Waals surface area contributed by atoms with Crippen LogP contribution in [-0.4, -0.2) is 25.5 Å². The molecule has 4 heteroatoms. The minimum atomic E-state index is -0.448. The van der Waals surface area contributed by atoms with Crippen molar-refractivity contribution in [1.29, 1.82) is 0 Å². The molecular weight excluding hydrogens is 172 g/mol. The SMILES string of the molecule is CCOC1OCC=C2OC(=O)C=C21. The van der Waals surface area contributed by atoms with Crippen molar-refractivity contribution in [1.82, 2.24) is 0 Å². The maximum Gasteiger partial charge on any atom is 0.336 e. The van der Waals surface area contributed by atoms with E-state index < -0.39 is 6.29 Å². The first-order valence-corrected chi connectivity index (χ1v) is 4.18. The molecule has 0 aromatic rings. The van der Waals surface area contributed by atoms with Crippen LogP contribution in [0.2, 0.25) is 0 Å². The van der Waals surface area contributed by atoms with E-state index in [-0.39, 0.29) is 5.97 Å². The summed E-state index contributed by atoms with van der Waals surface area (Å²) in [6.45, 7) is 2.84. The number of hydrogen-bond acceptors (Lipinski definition) is 4. The predicted molar refractivity (Wildman–Crippen MR) is 43.6 cm³/mol. The first-order valence-electron chi connectivity index (χ1n) is 4.18. The van der Waals surface area contributed by atoms with E-state index in [0.717, 1.165) is 0 Å². The number of ether oxygens (including phenoxy) is 3. The third-order valence-corrected chi connectivity index (χ3v) is 1.86. The summed E-state index contributed by atoms with van der Waals surface area (Å²) in [5.74, 6) is 0.228. The summed E-state index contributed by atoms with van der Waals surface area (Å²) in [5, 5.41) is 0. The summed E-state index contributed by atoms with van der Waals surface area (Å²) in [7, 11) is 0. The predicted octanol–water partition coefficient (Wildman–Crippen LogP) is 0.746. The van der Waals surface area contributed by atoms with Gasteiger partial charge in [-0.15, -0.1) is 0 Å². The molecule has 0 amide bonds. The first-order chi connectivity index (χ1) is 6.31. The molecule has 0 fully saturated rings. The highest BCUT2D eigenvalue weighted by molar-refractivity contribution is 5.88. The zero-order valence-electron chi connectivity index (χ0n) is 7.28. The number of hydrogen-bond donors (Lipinski definition) is 0. The van der Waals surface area contributed by atoms with Crippen molar-refractivity contribution in [2.24, 2.45) is 0 Å². The lowest BCUT2D eigenvalue weighted by Gasteiger charge is -2.21.